The molecular formula is C14H21F2N. The molecule has 0 saturated carbocycles. The van der Waals surface area contributed by atoms with E-state index >= 15 is 0 Å². The van der Waals surface area contributed by atoms with Crippen LogP contribution in [0.25, 0.3) is 0 Å². The van der Waals surface area contributed by atoms with Crippen LogP contribution in [0.4, 0.5) is 8.78 Å². The topological polar surface area (TPSA) is 26.0 Å². The highest BCUT2D eigenvalue weighted by molar-refractivity contribution is 5.25. The summed E-state index contributed by atoms with van der Waals surface area (Å²) in [6, 6.07) is 3.23. The van der Waals surface area contributed by atoms with Crippen LogP contribution in [0.5, 0.6) is 0 Å². The summed E-state index contributed by atoms with van der Waals surface area (Å²) in [7, 11) is 0. The summed E-state index contributed by atoms with van der Waals surface area (Å²) in [5.41, 5.74) is 6.74. The first-order valence-corrected chi connectivity index (χ1v) is 5.92. The maximum absolute atomic E-state index is 13.6. The third kappa shape index (κ3) is 3.50. The third-order valence-corrected chi connectivity index (χ3v) is 3.19. The fourth-order valence-electron chi connectivity index (χ4n) is 1.62. The summed E-state index contributed by atoms with van der Waals surface area (Å²) in [5.74, 6) is -1.47. The summed E-state index contributed by atoms with van der Waals surface area (Å²) >= 11 is 0. The number of rotatable bonds is 3. The van der Waals surface area contributed by atoms with Crippen molar-refractivity contribution < 1.29 is 8.78 Å². The van der Waals surface area contributed by atoms with Crippen molar-refractivity contribution >= 4 is 0 Å². The Morgan fingerprint density at radius 2 is 1.76 bits per heavy atom. The lowest BCUT2D eigenvalue weighted by atomic mass is 9.84. The van der Waals surface area contributed by atoms with E-state index in [9.17, 15) is 8.78 Å². The predicted octanol–water partition coefficient (Wildman–Crippen LogP) is 3.58. The van der Waals surface area contributed by atoms with Crippen LogP contribution in [-0.4, -0.2) is 6.04 Å². The molecule has 0 radical (unpaired) electrons. The molecule has 0 aliphatic carbocycles. The molecule has 17 heavy (non-hydrogen) atoms. The molecule has 96 valence electrons. The Labute approximate surface area is 102 Å². The van der Waals surface area contributed by atoms with Crippen LogP contribution in [0.15, 0.2) is 12.1 Å². The molecule has 0 aliphatic rings. The fourth-order valence-corrected chi connectivity index (χ4v) is 1.62. The van der Waals surface area contributed by atoms with Gasteiger partial charge in [0.05, 0.1) is 0 Å². The van der Waals surface area contributed by atoms with Crippen LogP contribution < -0.4 is 5.73 Å². The molecule has 0 bridgehead atoms. The Morgan fingerprint density at radius 1 is 1.18 bits per heavy atom. The maximum Gasteiger partial charge on any atom is 0.162 e. The van der Waals surface area contributed by atoms with Gasteiger partial charge in [-0.1, -0.05) is 32.9 Å². The zero-order valence-electron chi connectivity index (χ0n) is 11.0. The van der Waals surface area contributed by atoms with E-state index < -0.39 is 11.6 Å². The van der Waals surface area contributed by atoms with Crippen LogP contribution in [-0.2, 0) is 6.42 Å². The molecule has 0 spiro atoms. The molecule has 0 aromatic heterocycles. The zero-order chi connectivity index (χ0) is 13.2. The molecule has 1 nitrogen and oxygen atoms in total. The van der Waals surface area contributed by atoms with Crippen LogP contribution >= 0.6 is 0 Å². The van der Waals surface area contributed by atoms with Gasteiger partial charge in [-0.25, -0.2) is 8.78 Å². The molecule has 0 heterocycles. The minimum atomic E-state index is -0.744. The number of aryl methyl sites for hydroxylation is 2. The second-order valence-electron chi connectivity index (χ2n) is 5.68. The van der Waals surface area contributed by atoms with Crippen LogP contribution in [0.3, 0.4) is 0 Å². The van der Waals surface area contributed by atoms with E-state index in [-0.39, 0.29) is 11.5 Å². The summed E-state index contributed by atoms with van der Waals surface area (Å²) in [4.78, 5) is 0. The van der Waals surface area contributed by atoms with E-state index in [1.807, 2.05) is 20.8 Å². The molecule has 1 aromatic rings. The summed E-state index contributed by atoms with van der Waals surface area (Å²) < 4.78 is 26.9. The Morgan fingerprint density at radius 3 is 2.29 bits per heavy atom. The number of halogens is 2. The van der Waals surface area contributed by atoms with Gasteiger partial charge in [-0.05, 0) is 36.3 Å². The van der Waals surface area contributed by atoms with Gasteiger partial charge in [-0.3, -0.25) is 0 Å². The minimum Gasteiger partial charge on any atom is -0.327 e. The van der Waals surface area contributed by atoms with Crippen molar-refractivity contribution in [1.29, 1.82) is 0 Å². The van der Waals surface area contributed by atoms with Crippen molar-refractivity contribution in [1.82, 2.24) is 0 Å². The van der Waals surface area contributed by atoms with E-state index in [1.54, 1.807) is 19.1 Å². The molecule has 0 fully saturated rings. The van der Waals surface area contributed by atoms with Gasteiger partial charge in [-0.15, -0.1) is 0 Å². The first-order chi connectivity index (χ1) is 7.73. The second kappa shape index (κ2) is 5.13. The van der Waals surface area contributed by atoms with E-state index in [0.29, 0.717) is 24.0 Å². The quantitative estimate of drug-likeness (QED) is 0.860. The Bertz CT molecular complexity index is 394. The number of hydrogen-bond donors (Lipinski definition) is 1. The first-order valence-electron chi connectivity index (χ1n) is 5.92. The van der Waals surface area contributed by atoms with Gasteiger partial charge in [0.25, 0.3) is 0 Å². The van der Waals surface area contributed by atoms with Crippen molar-refractivity contribution in [3.63, 3.8) is 0 Å². The van der Waals surface area contributed by atoms with E-state index in [1.165, 1.54) is 0 Å². The van der Waals surface area contributed by atoms with Gasteiger partial charge in [-0.2, -0.15) is 0 Å². The standard InChI is InChI=1S/C14H21F2N/c1-9-5-6-10(13(16)12(9)15)7-8-11(17)14(2,3)4/h5-6,11H,7-8,17H2,1-4H3. The van der Waals surface area contributed by atoms with Gasteiger partial charge < -0.3 is 5.73 Å². The molecule has 3 heteroatoms. The second-order valence-corrected chi connectivity index (χ2v) is 5.68. The van der Waals surface area contributed by atoms with Crippen molar-refractivity contribution in [2.75, 3.05) is 0 Å². The monoisotopic (exact) mass is 241 g/mol. The molecule has 0 aliphatic heterocycles. The normalized spacial score (nSPS) is 13.8. The molecular weight excluding hydrogens is 220 g/mol. The van der Waals surface area contributed by atoms with Crippen molar-refractivity contribution in [2.24, 2.45) is 11.1 Å². The molecule has 1 atom stereocenters. The third-order valence-electron chi connectivity index (χ3n) is 3.19. The van der Waals surface area contributed by atoms with Crippen molar-refractivity contribution in [2.45, 2.75) is 46.6 Å². The van der Waals surface area contributed by atoms with Crippen LogP contribution in [0.2, 0.25) is 0 Å². The van der Waals surface area contributed by atoms with Crippen LogP contribution in [0, 0.1) is 24.0 Å². The Balaban J connectivity index is 2.74. The first kappa shape index (κ1) is 14.1. The zero-order valence-corrected chi connectivity index (χ0v) is 11.0. The van der Waals surface area contributed by atoms with Gasteiger partial charge in [0.2, 0.25) is 0 Å². The van der Waals surface area contributed by atoms with Gasteiger partial charge in [0, 0.05) is 6.04 Å². The number of nitrogens with two attached hydrogens (primary N) is 1. The minimum absolute atomic E-state index is 0.0142. The summed E-state index contributed by atoms with van der Waals surface area (Å²) in [6.07, 6.45) is 1.13. The Kier molecular flexibility index (Phi) is 4.26. The number of hydrogen-bond acceptors (Lipinski definition) is 1. The lowest BCUT2D eigenvalue weighted by molar-refractivity contribution is 0.305. The highest BCUT2D eigenvalue weighted by atomic mass is 19.2. The molecule has 1 unspecified atom stereocenters. The highest BCUT2D eigenvalue weighted by Crippen LogP contribution is 2.23. The number of benzene rings is 1. The Hall–Kier alpha value is -0.960. The molecule has 0 amide bonds. The predicted molar refractivity (Wildman–Crippen MR) is 66.8 cm³/mol. The summed E-state index contributed by atoms with van der Waals surface area (Å²) in [6.45, 7) is 7.69. The molecule has 2 N–H and O–H groups in total. The van der Waals surface area contributed by atoms with E-state index in [2.05, 4.69) is 0 Å². The van der Waals surface area contributed by atoms with Crippen molar-refractivity contribution in [3.8, 4) is 0 Å². The lowest BCUT2D eigenvalue weighted by Crippen LogP contribution is -2.35. The van der Waals surface area contributed by atoms with Gasteiger partial charge >= 0.3 is 0 Å². The van der Waals surface area contributed by atoms with Gasteiger partial charge in [0.15, 0.2) is 11.6 Å². The molecule has 1 aromatic carbocycles. The molecule has 0 saturated heterocycles. The van der Waals surface area contributed by atoms with Crippen molar-refractivity contribution in [3.05, 3.63) is 34.9 Å². The SMILES string of the molecule is Cc1ccc(CCC(N)C(C)(C)C)c(F)c1F. The average Bonchev–Trinajstić information content (AvgIpc) is 2.23. The fraction of sp³-hybridized carbons (Fsp3) is 0.571. The average molecular weight is 241 g/mol. The maximum atomic E-state index is 13.6. The van der Waals surface area contributed by atoms with E-state index in [0.717, 1.165) is 0 Å². The van der Waals surface area contributed by atoms with Gasteiger partial charge in [0.1, 0.15) is 0 Å². The summed E-state index contributed by atoms with van der Waals surface area (Å²) in [5, 5.41) is 0. The lowest BCUT2D eigenvalue weighted by Gasteiger charge is -2.27. The largest absolute Gasteiger partial charge is 0.327 e. The van der Waals surface area contributed by atoms with E-state index in [4.69, 9.17) is 5.73 Å². The smallest absolute Gasteiger partial charge is 0.162 e. The highest BCUT2D eigenvalue weighted by Gasteiger charge is 2.21. The molecule has 1 rings (SSSR count). The van der Waals surface area contributed by atoms with Crippen LogP contribution in [0.1, 0.15) is 38.3 Å².